The summed E-state index contributed by atoms with van der Waals surface area (Å²) in [5, 5.41) is 40.9. The molecule has 1 fully saturated rings. The first-order valence-corrected chi connectivity index (χ1v) is 17.0. The van der Waals surface area contributed by atoms with Gasteiger partial charge in [0.15, 0.2) is 0 Å². The van der Waals surface area contributed by atoms with Gasteiger partial charge in [-0.2, -0.15) is 0 Å². The summed E-state index contributed by atoms with van der Waals surface area (Å²) in [6, 6.07) is 0. The molecule has 0 bridgehead atoms. The van der Waals surface area contributed by atoms with Crippen molar-refractivity contribution >= 4 is 11.9 Å². The molecule has 0 amide bonds. The zero-order chi connectivity index (χ0) is 31.9. The third-order valence-electron chi connectivity index (χ3n) is 8.22. The number of unbranched alkanes of at least 4 members (excludes halogenated alkanes) is 9. The van der Waals surface area contributed by atoms with E-state index in [-0.39, 0.29) is 43.9 Å². The van der Waals surface area contributed by atoms with Crippen molar-refractivity contribution in [3.05, 3.63) is 24.3 Å². The normalized spacial score (nSPS) is 22.0. The van der Waals surface area contributed by atoms with E-state index >= 15 is 0 Å². The molecule has 1 aliphatic rings. The average molecular weight is 611 g/mol. The molecule has 43 heavy (non-hydrogen) atoms. The molecule has 4 N–H and O–H groups in total. The van der Waals surface area contributed by atoms with Gasteiger partial charge in [-0.25, -0.2) is 0 Å². The van der Waals surface area contributed by atoms with Crippen LogP contribution >= 0.6 is 0 Å². The van der Waals surface area contributed by atoms with E-state index in [0.29, 0.717) is 19.3 Å². The fraction of sp³-hybridized carbons (Fsp3) is 0.829. The Hall–Kier alpha value is -1.74. The van der Waals surface area contributed by atoms with Crippen molar-refractivity contribution in [1.82, 2.24) is 0 Å². The Morgan fingerprint density at radius 1 is 0.791 bits per heavy atom. The molecule has 8 heteroatoms. The molecule has 0 unspecified atom stereocenters. The van der Waals surface area contributed by atoms with Crippen LogP contribution in [0, 0.1) is 17.8 Å². The molecule has 0 aromatic rings. The lowest BCUT2D eigenvalue weighted by Crippen LogP contribution is -2.25. The third-order valence-corrected chi connectivity index (χ3v) is 8.22. The number of ether oxygens (including phenoxy) is 2. The Morgan fingerprint density at radius 3 is 2.05 bits per heavy atom. The third kappa shape index (κ3) is 20.0. The predicted molar refractivity (Wildman–Crippen MR) is 170 cm³/mol. The Balaban J connectivity index is 2.16. The van der Waals surface area contributed by atoms with Gasteiger partial charge in [-0.05, 0) is 31.1 Å². The standard InChI is InChI=1S/C35H62O8/c1-4-5-12-18-28(36)22-23-31-30(32(38)24-33(31)39)19-15-16-21-35(41)43-26-29(37)25-42-34(40)20-14-11-9-7-6-8-10-13-17-27(2)3/h15-16,22-23,27-33,36-39H,4-14,17-21,24-26H2,1-3H3/b16-15-,23-22+/t28-,29-,30+,31-,32+,33-/m1/s1. The summed E-state index contributed by atoms with van der Waals surface area (Å²) >= 11 is 0. The molecule has 6 atom stereocenters. The minimum atomic E-state index is -1.08. The number of aliphatic hydroxyl groups excluding tert-OH is 4. The highest BCUT2D eigenvalue weighted by molar-refractivity contribution is 5.71. The van der Waals surface area contributed by atoms with Crippen LogP contribution in [0.25, 0.3) is 0 Å². The molecule has 0 aliphatic heterocycles. The lowest BCUT2D eigenvalue weighted by atomic mass is 9.89. The molecule has 0 aromatic carbocycles. The topological polar surface area (TPSA) is 134 Å². The largest absolute Gasteiger partial charge is 0.463 e. The number of carbonyl (C=O) groups is 2. The van der Waals surface area contributed by atoms with Gasteiger partial charge >= 0.3 is 11.9 Å². The summed E-state index contributed by atoms with van der Waals surface area (Å²) in [7, 11) is 0. The van der Waals surface area contributed by atoms with Gasteiger partial charge in [0.1, 0.15) is 19.3 Å². The van der Waals surface area contributed by atoms with Crippen LogP contribution in [-0.4, -0.2) is 70.0 Å². The molecular weight excluding hydrogens is 548 g/mol. The van der Waals surface area contributed by atoms with Gasteiger partial charge in [0.2, 0.25) is 0 Å². The Morgan fingerprint density at radius 2 is 1.40 bits per heavy atom. The molecule has 250 valence electrons. The van der Waals surface area contributed by atoms with E-state index in [1.54, 1.807) is 18.2 Å². The van der Waals surface area contributed by atoms with E-state index in [1.165, 1.54) is 38.5 Å². The van der Waals surface area contributed by atoms with Crippen LogP contribution in [0.15, 0.2) is 24.3 Å². The zero-order valence-electron chi connectivity index (χ0n) is 27.2. The highest BCUT2D eigenvalue weighted by atomic mass is 16.6. The van der Waals surface area contributed by atoms with Crippen LogP contribution < -0.4 is 0 Å². The van der Waals surface area contributed by atoms with Gasteiger partial charge in [-0.15, -0.1) is 0 Å². The van der Waals surface area contributed by atoms with Gasteiger partial charge in [-0.1, -0.05) is 116 Å². The highest BCUT2D eigenvalue weighted by Crippen LogP contribution is 2.36. The maximum Gasteiger partial charge on any atom is 0.309 e. The van der Waals surface area contributed by atoms with Crippen molar-refractivity contribution in [2.45, 2.75) is 154 Å². The second-order valence-corrected chi connectivity index (χ2v) is 12.8. The number of hydrogen-bond donors (Lipinski definition) is 4. The number of rotatable bonds is 25. The SMILES string of the molecule is CCCCC[C@@H](O)/C=C/[C@@H]1[C@H](C/C=C\CC(=O)OC[C@H](O)COC(=O)CCCCCCCCCCC(C)C)[C@@H](O)C[C@H]1O. The first-order valence-electron chi connectivity index (χ1n) is 17.0. The first kappa shape index (κ1) is 39.3. The monoisotopic (exact) mass is 610 g/mol. The number of esters is 2. The highest BCUT2D eigenvalue weighted by Gasteiger charge is 2.39. The second-order valence-electron chi connectivity index (χ2n) is 12.8. The van der Waals surface area contributed by atoms with E-state index in [1.807, 2.05) is 6.08 Å². The summed E-state index contributed by atoms with van der Waals surface area (Å²) in [6.07, 6.45) is 19.4. The quantitative estimate of drug-likeness (QED) is 0.0547. The van der Waals surface area contributed by atoms with Crippen molar-refractivity contribution in [2.75, 3.05) is 13.2 Å². The summed E-state index contributed by atoms with van der Waals surface area (Å²) in [5.41, 5.74) is 0. The maximum absolute atomic E-state index is 12.1. The smallest absolute Gasteiger partial charge is 0.309 e. The number of carbonyl (C=O) groups excluding carboxylic acids is 2. The molecule has 0 heterocycles. The van der Waals surface area contributed by atoms with Crippen LogP contribution in [0.1, 0.15) is 130 Å². The average Bonchev–Trinajstić information content (AvgIpc) is 3.24. The zero-order valence-corrected chi connectivity index (χ0v) is 27.2. The van der Waals surface area contributed by atoms with E-state index < -0.39 is 30.4 Å². The van der Waals surface area contributed by atoms with Gasteiger partial charge in [0, 0.05) is 18.8 Å². The summed E-state index contributed by atoms with van der Waals surface area (Å²) in [6.45, 7) is 6.18. The van der Waals surface area contributed by atoms with E-state index in [2.05, 4.69) is 20.8 Å². The lowest BCUT2D eigenvalue weighted by Gasteiger charge is -2.19. The maximum atomic E-state index is 12.1. The summed E-state index contributed by atoms with van der Waals surface area (Å²) in [5.74, 6) is -0.545. The fourth-order valence-electron chi connectivity index (χ4n) is 5.54. The molecule has 0 radical (unpaired) electrons. The minimum absolute atomic E-state index is 0.00642. The van der Waals surface area contributed by atoms with Gasteiger partial charge in [0.05, 0.1) is 24.7 Å². The van der Waals surface area contributed by atoms with Crippen molar-refractivity contribution in [3.63, 3.8) is 0 Å². The van der Waals surface area contributed by atoms with Crippen molar-refractivity contribution in [2.24, 2.45) is 17.8 Å². The molecule has 0 aromatic heterocycles. The van der Waals surface area contributed by atoms with E-state index in [4.69, 9.17) is 9.47 Å². The lowest BCUT2D eigenvalue weighted by molar-refractivity contribution is -0.151. The predicted octanol–water partition coefficient (Wildman–Crippen LogP) is 6.18. The molecular formula is C35H62O8. The van der Waals surface area contributed by atoms with Crippen LogP contribution in [0.4, 0.5) is 0 Å². The van der Waals surface area contributed by atoms with Gasteiger partial charge in [-0.3, -0.25) is 9.59 Å². The molecule has 0 saturated heterocycles. The fourth-order valence-corrected chi connectivity index (χ4v) is 5.54. The van der Waals surface area contributed by atoms with Crippen molar-refractivity contribution in [3.8, 4) is 0 Å². The minimum Gasteiger partial charge on any atom is -0.463 e. The number of hydrogen-bond acceptors (Lipinski definition) is 8. The summed E-state index contributed by atoms with van der Waals surface area (Å²) in [4.78, 5) is 24.0. The van der Waals surface area contributed by atoms with Crippen LogP contribution in [0.3, 0.4) is 0 Å². The second kappa shape index (κ2) is 24.6. The molecule has 1 rings (SSSR count). The molecule has 8 nitrogen and oxygen atoms in total. The van der Waals surface area contributed by atoms with Gasteiger partial charge < -0.3 is 29.9 Å². The number of aliphatic hydroxyl groups is 4. The molecule has 1 aliphatic carbocycles. The van der Waals surface area contributed by atoms with Crippen LogP contribution in [0.2, 0.25) is 0 Å². The van der Waals surface area contributed by atoms with Crippen molar-refractivity contribution < 1.29 is 39.5 Å². The Kier molecular flexibility index (Phi) is 22.4. The summed E-state index contributed by atoms with van der Waals surface area (Å²) < 4.78 is 10.2. The van der Waals surface area contributed by atoms with Gasteiger partial charge in [0.25, 0.3) is 0 Å². The molecule has 1 saturated carbocycles. The first-order chi connectivity index (χ1) is 20.6. The molecule has 0 spiro atoms. The van der Waals surface area contributed by atoms with Crippen LogP contribution in [-0.2, 0) is 19.1 Å². The van der Waals surface area contributed by atoms with Crippen molar-refractivity contribution in [1.29, 1.82) is 0 Å². The van der Waals surface area contributed by atoms with E-state index in [0.717, 1.165) is 44.4 Å². The van der Waals surface area contributed by atoms with Crippen LogP contribution in [0.5, 0.6) is 0 Å². The Labute approximate surface area is 260 Å². The number of allylic oxidation sites excluding steroid dienone is 1. The Bertz CT molecular complexity index is 780. The van der Waals surface area contributed by atoms with E-state index in [9.17, 15) is 30.0 Å².